The van der Waals surface area contributed by atoms with Crippen molar-refractivity contribution in [3.05, 3.63) is 59.7 Å². The van der Waals surface area contributed by atoms with Crippen LogP contribution < -0.4 is 5.32 Å². The normalized spacial score (nSPS) is 13.0. The Balaban J connectivity index is 2.00. The number of nitrogens with one attached hydrogen (secondary N) is 1. The Kier molecular flexibility index (Phi) is 4.45. The van der Waals surface area contributed by atoms with Gasteiger partial charge in [-0.2, -0.15) is 13.2 Å². The molecule has 1 heterocycles. The van der Waals surface area contributed by atoms with E-state index in [2.05, 4.69) is 10.3 Å². The molecule has 1 N–H and O–H groups in total. The first-order valence-electron chi connectivity index (χ1n) is 6.39. The van der Waals surface area contributed by atoms with Gasteiger partial charge in [-0.05, 0) is 37.1 Å². The van der Waals surface area contributed by atoms with Crippen molar-refractivity contribution in [3.63, 3.8) is 0 Å². The van der Waals surface area contributed by atoms with Gasteiger partial charge >= 0.3 is 6.18 Å². The Morgan fingerprint density at radius 3 is 2.43 bits per heavy atom. The molecule has 0 fully saturated rings. The van der Waals surface area contributed by atoms with Gasteiger partial charge in [-0.15, -0.1) is 0 Å². The van der Waals surface area contributed by atoms with Crippen LogP contribution in [-0.4, -0.2) is 11.0 Å². The molecule has 0 saturated heterocycles. The molecule has 2 rings (SSSR count). The van der Waals surface area contributed by atoms with Crippen molar-refractivity contribution >= 4 is 5.69 Å². The van der Waals surface area contributed by atoms with Gasteiger partial charge in [0.25, 0.3) is 0 Å². The average Bonchev–Trinajstić information content (AvgIpc) is 2.41. The smallest absolute Gasteiger partial charge is 0.381 e. The lowest BCUT2D eigenvalue weighted by Crippen LogP contribution is -2.19. The maximum atomic E-state index is 13.5. The Morgan fingerprint density at radius 2 is 1.86 bits per heavy atom. The summed E-state index contributed by atoms with van der Waals surface area (Å²) in [6.07, 6.45) is -2.90. The highest BCUT2D eigenvalue weighted by atomic mass is 19.4. The summed E-state index contributed by atoms with van der Waals surface area (Å²) in [5.41, 5.74) is 0.0824. The summed E-state index contributed by atoms with van der Waals surface area (Å²) in [4.78, 5) is 3.37. The number of hydrogen-bond donors (Lipinski definition) is 1. The molecule has 1 aromatic carbocycles. The van der Waals surface area contributed by atoms with Crippen LogP contribution in [0.15, 0.2) is 42.6 Å². The number of pyridine rings is 1. The number of benzene rings is 1. The molecule has 1 atom stereocenters. The van der Waals surface area contributed by atoms with Crippen LogP contribution in [0, 0.1) is 5.82 Å². The average molecular weight is 298 g/mol. The Bertz CT molecular complexity index is 593. The van der Waals surface area contributed by atoms with Gasteiger partial charge in [0.1, 0.15) is 11.5 Å². The first-order chi connectivity index (χ1) is 9.86. The number of nitrogens with zero attached hydrogens (tertiary/aromatic N) is 1. The summed E-state index contributed by atoms with van der Waals surface area (Å²) in [5.74, 6) is -0.295. The van der Waals surface area contributed by atoms with E-state index in [9.17, 15) is 17.6 Å². The molecule has 6 heteroatoms. The molecule has 0 aliphatic carbocycles. The Hall–Kier alpha value is -2.11. The fourth-order valence-corrected chi connectivity index (χ4v) is 1.98. The number of rotatable bonds is 4. The zero-order valence-corrected chi connectivity index (χ0v) is 11.3. The topological polar surface area (TPSA) is 24.9 Å². The van der Waals surface area contributed by atoms with Crippen molar-refractivity contribution in [2.45, 2.75) is 25.6 Å². The van der Waals surface area contributed by atoms with Crippen molar-refractivity contribution in [3.8, 4) is 0 Å². The third-order valence-corrected chi connectivity index (χ3v) is 2.95. The van der Waals surface area contributed by atoms with Crippen molar-refractivity contribution < 1.29 is 17.6 Å². The minimum Gasteiger partial charge on any atom is -0.381 e. The van der Waals surface area contributed by atoms with Crippen LogP contribution in [0.2, 0.25) is 0 Å². The second-order valence-corrected chi connectivity index (χ2v) is 4.77. The van der Waals surface area contributed by atoms with E-state index in [1.54, 1.807) is 18.2 Å². The third-order valence-electron chi connectivity index (χ3n) is 2.95. The van der Waals surface area contributed by atoms with Crippen LogP contribution in [0.3, 0.4) is 0 Å². The number of halogens is 4. The minimum atomic E-state index is -4.45. The van der Waals surface area contributed by atoms with E-state index in [1.165, 1.54) is 12.1 Å². The standard InChI is InChI=1S/C15H14F4N2/c1-10(8-11-4-2-3-5-13(11)16)21-12-6-7-14(20-9-12)15(17,18)19/h2-7,9-10,21H,8H2,1H3. The van der Waals surface area contributed by atoms with Crippen LogP contribution in [0.1, 0.15) is 18.2 Å². The van der Waals surface area contributed by atoms with E-state index in [4.69, 9.17) is 0 Å². The fraction of sp³-hybridized carbons (Fsp3) is 0.267. The molecule has 0 saturated carbocycles. The van der Waals surface area contributed by atoms with Gasteiger partial charge in [-0.1, -0.05) is 18.2 Å². The van der Waals surface area contributed by atoms with E-state index in [0.717, 1.165) is 12.3 Å². The summed E-state index contributed by atoms with van der Waals surface area (Å²) < 4.78 is 50.7. The summed E-state index contributed by atoms with van der Waals surface area (Å²) in [5, 5.41) is 3.00. The molecular weight excluding hydrogens is 284 g/mol. The summed E-state index contributed by atoms with van der Waals surface area (Å²) in [7, 11) is 0. The van der Waals surface area contributed by atoms with Crippen LogP contribution >= 0.6 is 0 Å². The molecule has 1 aromatic heterocycles. The van der Waals surface area contributed by atoms with Crippen LogP contribution in [0.5, 0.6) is 0 Å². The van der Waals surface area contributed by atoms with E-state index in [-0.39, 0.29) is 11.9 Å². The SMILES string of the molecule is CC(Cc1ccccc1F)Nc1ccc(C(F)(F)F)nc1. The van der Waals surface area contributed by atoms with Crippen molar-refractivity contribution in [1.29, 1.82) is 0 Å². The van der Waals surface area contributed by atoms with Gasteiger partial charge in [0.05, 0.1) is 11.9 Å². The lowest BCUT2D eigenvalue weighted by atomic mass is 10.1. The number of alkyl halides is 3. The molecule has 112 valence electrons. The predicted octanol–water partition coefficient (Wildman–Crippen LogP) is 4.28. The summed E-state index contributed by atoms with van der Waals surface area (Å²) >= 11 is 0. The largest absolute Gasteiger partial charge is 0.433 e. The van der Waals surface area contributed by atoms with Crippen LogP contribution in [0.4, 0.5) is 23.2 Å². The molecule has 2 aromatic rings. The van der Waals surface area contributed by atoms with E-state index in [1.807, 2.05) is 6.92 Å². The number of aromatic nitrogens is 1. The first kappa shape index (κ1) is 15.3. The van der Waals surface area contributed by atoms with Gasteiger partial charge in [-0.3, -0.25) is 0 Å². The van der Waals surface area contributed by atoms with E-state index >= 15 is 0 Å². The van der Waals surface area contributed by atoms with Gasteiger partial charge in [0, 0.05) is 6.04 Å². The molecule has 0 amide bonds. The molecule has 0 bridgehead atoms. The molecular formula is C15H14F4N2. The molecule has 0 aliphatic rings. The van der Waals surface area contributed by atoms with Crippen molar-refractivity contribution in [2.24, 2.45) is 0 Å². The van der Waals surface area contributed by atoms with E-state index in [0.29, 0.717) is 17.7 Å². The van der Waals surface area contributed by atoms with Gasteiger partial charge in [-0.25, -0.2) is 9.37 Å². The maximum Gasteiger partial charge on any atom is 0.433 e. The van der Waals surface area contributed by atoms with E-state index < -0.39 is 11.9 Å². The summed E-state index contributed by atoms with van der Waals surface area (Å²) in [6.45, 7) is 1.82. The molecule has 2 nitrogen and oxygen atoms in total. The number of anilines is 1. The fourth-order valence-electron chi connectivity index (χ4n) is 1.98. The van der Waals surface area contributed by atoms with Crippen LogP contribution in [-0.2, 0) is 12.6 Å². The lowest BCUT2D eigenvalue weighted by molar-refractivity contribution is -0.141. The Morgan fingerprint density at radius 1 is 1.14 bits per heavy atom. The lowest BCUT2D eigenvalue weighted by Gasteiger charge is -2.16. The van der Waals surface area contributed by atoms with Crippen molar-refractivity contribution in [1.82, 2.24) is 4.98 Å². The van der Waals surface area contributed by atoms with Gasteiger partial charge in [0.2, 0.25) is 0 Å². The highest BCUT2D eigenvalue weighted by molar-refractivity contribution is 5.42. The molecule has 0 radical (unpaired) electrons. The Labute approximate surface area is 119 Å². The number of hydrogen-bond acceptors (Lipinski definition) is 2. The zero-order valence-electron chi connectivity index (χ0n) is 11.3. The van der Waals surface area contributed by atoms with Crippen molar-refractivity contribution in [2.75, 3.05) is 5.32 Å². The van der Waals surface area contributed by atoms with Gasteiger partial charge in [0.15, 0.2) is 0 Å². The minimum absolute atomic E-state index is 0.138. The maximum absolute atomic E-state index is 13.5. The monoisotopic (exact) mass is 298 g/mol. The third kappa shape index (κ3) is 4.18. The molecule has 0 aliphatic heterocycles. The highest BCUT2D eigenvalue weighted by Crippen LogP contribution is 2.27. The van der Waals surface area contributed by atoms with Gasteiger partial charge < -0.3 is 5.32 Å². The molecule has 1 unspecified atom stereocenters. The first-order valence-corrected chi connectivity index (χ1v) is 6.39. The second-order valence-electron chi connectivity index (χ2n) is 4.77. The second kappa shape index (κ2) is 6.11. The molecule has 0 spiro atoms. The highest BCUT2D eigenvalue weighted by Gasteiger charge is 2.32. The molecule has 21 heavy (non-hydrogen) atoms. The van der Waals surface area contributed by atoms with Crippen LogP contribution in [0.25, 0.3) is 0 Å². The summed E-state index contributed by atoms with van der Waals surface area (Å²) in [6, 6.07) is 8.49. The quantitative estimate of drug-likeness (QED) is 0.852. The predicted molar refractivity (Wildman–Crippen MR) is 72.4 cm³/mol. The zero-order chi connectivity index (χ0) is 15.5.